The summed E-state index contributed by atoms with van der Waals surface area (Å²) in [5, 5.41) is 2.93. The molecular weight excluding hydrogens is 502 g/mol. The number of carbonyl (C=O) groups excluding carboxylic acids is 2. The Morgan fingerprint density at radius 2 is 1.53 bits per heavy atom. The van der Waals surface area contributed by atoms with Gasteiger partial charge in [-0.15, -0.1) is 0 Å². The first kappa shape index (κ1) is 28.9. The van der Waals surface area contributed by atoms with Crippen LogP contribution in [0.25, 0.3) is 0 Å². The Morgan fingerprint density at radius 3 is 2.13 bits per heavy atom. The van der Waals surface area contributed by atoms with Crippen LogP contribution in [-0.2, 0) is 39.1 Å². The molecule has 0 fully saturated rings. The predicted molar refractivity (Wildman–Crippen MR) is 147 cm³/mol. The third kappa shape index (κ3) is 8.16. The zero-order valence-corrected chi connectivity index (χ0v) is 22.8. The molecule has 0 aromatic heterocycles. The van der Waals surface area contributed by atoms with Gasteiger partial charge in [-0.05, 0) is 54.3 Å². The smallest absolute Gasteiger partial charge is 0.242 e. The first-order valence-corrected chi connectivity index (χ1v) is 14.0. The van der Waals surface area contributed by atoms with Crippen LogP contribution in [0.15, 0.2) is 83.8 Å². The maximum Gasteiger partial charge on any atom is 0.242 e. The molecule has 202 valence electrons. The normalized spacial score (nSPS) is 12.0. The molecule has 0 heterocycles. The second kappa shape index (κ2) is 13.7. The van der Waals surface area contributed by atoms with E-state index in [-0.39, 0.29) is 23.1 Å². The number of nitrogens with one attached hydrogen (secondary N) is 2. The quantitative estimate of drug-likeness (QED) is 0.346. The van der Waals surface area contributed by atoms with E-state index in [2.05, 4.69) is 10.0 Å². The van der Waals surface area contributed by atoms with Gasteiger partial charge < -0.3 is 15.0 Å². The second-order valence-electron chi connectivity index (χ2n) is 8.89. The molecule has 0 bridgehead atoms. The summed E-state index contributed by atoms with van der Waals surface area (Å²) in [5.41, 5.74) is 2.69. The SMILES string of the molecule is CCNS(=O)(=O)c1ccc(CCC(=O)N(Cc2ccccc2)[C@H](C)C(=O)NCc2ccc(OC)cc2)cc1. The average molecular weight is 538 g/mol. The summed E-state index contributed by atoms with van der Waals surface area (Å²) in [6.07, 6.45) is 0.605. The highest BCUT2D eigenvalue weighted by Gasteiger charge is 2.26. The third-order valence-electron chi connectivity index (χ3n) is 6.18. The van der Waals surface area contributed by atoms with E-state index >= 15 is 0 Å². The molecule has 8 nitrogen and oxygen atoms in total. The first-order valence-electron chi connectivity index (χ1n) is 12.6. The molecule has 0 aliphatic carbocycles. The molecule has 3 aromatic carbocycles. The Labute approximate surface area is 225 Å². The number of carbonyl (C=O) groups is 2. The molecule has 9 heteroatoms. The van der Waals surface area contributed by atoms with Gasteiger partial charge in [0.25, 0.3) is 0 Å². The fourth-order valence-corrected chi connectivity index (χ4v) is 4.99. The molecule has 0 aliphatic heterocycles. The Kier molecular flexibility index (Phi) is 10.4. The highest BCUT2D eigenvalue weighted by molar-refractivity contribution is 7.89. The van der Waals surface area contributed by atoms with Crippen molar-refractivity contribution in [2.24, 2.45) is 0 Å². The highest BCUT2D eigenvalue weighted by Crippen LogP contribution is 2.16. The van der Waals surface area contributed by atoms with Crippen molar-refractivity contribution in [3.05, 3.63) is 95.6 Å². The summed E-state index contributed by atoms with van der Waals surface area (Å²) in [5.74, 6) is 0.329. The lowest BCUT2D eigenvalue weighted by Gasteiger charge is -2.29. The summed E-state index contributed by atoms with van der Waals surface area (Å²) in [6.45, 7) is 4.39. The van der Waals surface area contributed by atoms with Gasteiger partial charge in [-0.1, -0.05) is 61.5 Å². The molecule has 1 atom stereocenters. The fourth-order valence-electron chi connectivity index (χ4n) is 3.95. The van der Waals surface area contributed by atoms with Crippen LogP contribution < -0.4 is 14.8 Å². The van der Waals surface area contributed by atoms with Gasteiger partial charge in [0.15, 0.2) is 0 Å². The van der Waals surface area contributed by atoms with Crippen molar-refractivity contribution in [1.29, 1.82) is 0 Å². The summed E-state index contributed by atoms with van der Waals surface area (Å²) < 4.78 is 32.0. The number of amides is 2. The van der Waals surface area contributed by atoms with Crippen molar-refractivity contribution >= 4 is 21.8 Å². The Morgan fingerprint density at radius 1 is 0.895 bits per heavy atom. The third-order valence-corrected chi connectivity index (χ3v) is 7.75. The molecule has 38 heavy (non-hydrogen) atoms. The van der Waals surface area contributed by atoms with E-state index in [9.17, 15) is 18.0 Å². The molecule has 2 N–H and O–H groups in total. The van der Waals surface area contributed by atoms with E-state index in [1.54, 1.807) is 38.0 Å². The summed E-state index contributed by atoms with van der Waals surface area (Å²) in [6, 6.07) is 22.8. The van der Waals surface area contributed by atoms with E-state index in [0.29, 0.717) is 26.1 Å². The number of aryl methyl sites for hydroxylation is 1. The lowest BCUT2D eigenvalue weighted by Crippen LogP contribution is -2.47. The van der Waals surface area contributed by atoms with E-state index in [4.69, 9.17) is 4.74 Å². The minimum atomic E-state index is -3.53. The van der Waals surface area contributed by atoms with Crippen LogP contribution in [0.3, 0.4) is 0 Å². The summed E-state index contributed by atoms with van der Waals surface area (Å²) >= 11 is 0. The van der Waals surface area contributed by atoms with Crippen molar-refractivity contribution in [2.45, 2.75) is 50.7 Å². The number of hydrogen-bond acceptors (Lipinski definition) is 5. The van der Waals surface area contributed by atoms with E-state index in [0.717, 1.165) is 22.4 Å². The monoisotopic (exact) mass is 537 g/mol. The number of nitrogens with zero attached hydrogens (tertiary/aromatic N) is 1. The van der Waals surface area contributed by atoms with Crippen molar-refractivity contribution in [1.82, 2.24) is 14.9 Å². The van der Waals surface area contributed by atoms with Crippen LogP contribution in [0.1, 0.15) is 37.0 Å². The molecule has 0 radical (unpaired) electrons. The maximum atomic E-state index is 13.3. The van der Waals surface area contributed by atoms with Gasteiger partial charge in [-0.25, -0.2) is 13.1 Å². The van der Waals surface area contributed by atoms with Crippen molar-refractivity contribution < 1.29 is 22.7 Å². The largest absolute Gasteiger partial charge is 0.497 e. The zero-order chi connectivity index (χ0) is 27.5. The van der Waals surface area contributed by atoms with Crippen LogP contribution in [0.4, 0.5) is 0 Å². The molecule has 0 spiro atoms. The minimum Gasteiger partial charge on any atom is -0.497 e. The van der Waals surface area contributed by atoms with Crippen molar-refractivity contribution in [3.8, 4) is 5.75 Å². The molecule has 0 saturated heterocycles. The van der Waals surface area contributed by atoms with Gasteiger partial charge in [-0.2, -0.15) is 0 Å². The second-order valence-corrected chi connectivity index (χ2v) is 10.7. The molecule has 0 unspecified atom stereocenters. The molecule has 0 saturated carbocycles. The van der Waals surface area contributed by atoms with E-state index in [1.165, 1.54) is 12.1 Å². The molecule has 3 rings (SSSR count). The predicted octanol–water partition coefficient (Wildman–Crippen LogP) is 3.66. The lowest BCUT2D eigenvalue weighted by atomic mass is 10.1. The number of methoxy groups -OCH3 is 1. The van der Waals surface area contributed by atoms with E-state index in [1.807, 2.05) is 54.6 Å². The number of hydrogen-bond donors (Lipinski definition) is 2. The number of benzene rings is 3. The number of sulfonamides is 1. The molecule has 3 aromatic rings. The van der Waals surface area contributed by atoms with Crippen LogP contribution in [0.2, 0.25) is 0 Å². The lowest BCUT2D eigenvalue weighted by molar-refractivity contribution is -0.140. The fraction of sp³-hybridized carbons (Fsp3) is 0.310. The Hall–Kier alpha value is -3.69. The molecule has 2 amide bonds. The topological polar surface area (TPSA) is 105 Å². The van der Waals surface area contributed by atoms with Gasteiger partial charge in [0, 0.05) is 26.1 Å². The summed E-state index contributed by atoms with van der Waals surface area (Å²) in [4.78, 5) is 28.2. The standard InChI is InChI=1S/C29H35N3O5S/c1-4-31-38(35,36)27-17-12-23(13-18-27)14-19-28(33)32(21-25-8-6-5-7-9-25)22(2)29(34)30-20-24-10-15-26(37-3)16-11-24/h5-13,15-18,22,31H,4,14,19-21H2,1-3H3,(H,30,34)/t22-/m1/s1. The highest BCUT2D eigenvalue weighted by atomic mass is 32.2. The van der Waals surface area contributed by atoms with Gasteiger partial charge in [-0.3, -0.25) is 9.59 Å². The number of ether oxygens (including phenoxy) is 1. The van der Waals surface area contributed by atoms with Gasteiger partial charge in [0.2, 0.25) is 21.8 Å². The van der Waals surface area contributed by atoms with Gasteiger partial charge in [0.05, 0.1) is 12.0 Å². The van der Waals surface area contributed by atoms with E-state index < -0.39 is 16.1 Å². The zero-order valence-electron chi connectivity index (χ0n) is 22.0. The van der Waals surface area contributed by atoms with Crippen molar-refractivity contribution in [2.75, 3.05) is 13.7 Å². The Balaban J connectivity index is 1.67. The average Bonchev–Trinajstić information content (AvgIpc) is 2.94. The van der Waals surface area contributed by atoms with Crippen LogP contribution in [0, 0.1) is 0 Å². The van der Waals surface area contributed by atoms with Gasteiger partial charge in [0.1, 0.15) is 11.8 Å². The molecule has 0 aliphatic rings. The molecular formula is C29H35N3O5S. The van der Waals surface area contributed by atoms with Crippen molar-refractivity contribution in [3.63, 3.8) is 0 Å². The Bertz CT molecular complexity index is 1290. The maximum absolute atomic E-state index is 13.3. The van der Waals surface area contributed by atoms with Gasteiger partial charge >= 0.3 is 0 Å². The van der Waals surface area contributed by atoms with Crippen LogP contribution in [-0.4, -0.2) is 44.8 Å². The first-order chi connectivity index (χ1) is 18.2. The number of rotatable bonds is 13. The van der Waals surface area contributed by atoms with Crippen LogP contribution in [0.5, 0.6) is 5.75 Å². The van der Waals surface area contributed by atoms with Crippen LogP contribution >= 0.6 is 0 Å². The minimum absolute atomic E-state index is 0.162. The summed E-state index contributed by atoms with van der Waals surface area (Å²) in [7, 11) is -1.93.